The van der Waals surface area contributed by atoms with Crippen molar-refractivity contribution in [3.05, 3.63) is 57.1 Å². The Morgan fingerprint density at radius 1 is 1.27 bits per heavy atom. The van der Waals surface area contributed by atoms with E-state index in [2.05, 4.69) is 15.0 Å². The summed E-state index contributed by atoms with van der Waals surface area (Å²) in [6.07, 6.45) is 4.23. The Labute approximate surface area is 190 Å². The van der Waals surface area contributed by atoms with Gasteiger partial charge in [0.2, 0.25) is 0 Å². The van der Waals surface area contributed by atoms with Crippen molar-refractivity contribution < 1.29 is 18.8 Å². The second-order valence-electron chi connectivity index (χ2n) is 9.12. The lowest BCUT2D eigenvalue weighted by Gasteiger charge is -2.33. The van der Waals surface area contributed by atoms with Crippen LogP contribution in [0.5, 0.6) is 0 Å². The van der Waals surface area contributed by atoms with Crippen molar-refractivity contribution in [2.75, 3.05) is 19.6 Å². The Kier molecular flexibility index (Phi) is 5.74. The highest BCUT2D eigenvalue weighted by atomic mass is 19.1. The molecule has 1 unspecified atom stereocenters. The van der Waals surface area contributed by atoms with Crippen molar-refractivity contribution in [1.29, 1.82) is 0 Å². The van der Waals surface area contributed by atoms with E-state index < -0.39 is 11.9 Å². The van der Waals surface area contributed by atoms with Gasteiger partial charge in [0.25, 0.3) is 5.56 Å². The van der Waals surface area contributed by atoms with Crippen molar-refractivity contribution in [2.24, 2.45) is 0 Å². The minimum atomic E-state index is -1.000. The number of aryl methyl sites for hydroxylation is 2. The molecule has 5 rings (SSSR count). The topological polar surface area (TPSA) is 101 Å². The molecule has 1 fully saturated rings. The first kappa shape index (κ1) is 21.8. The lowest BCUT2D eigenvalue weighted by atomic mass is 9.90. The monoisotopic (exact) mass is 454 g/mol. The molecular formula is C24H27FN4O4. The Bertz CT molecular complexity index is 1260. The van der Waals surface area contributed by atoms with Crippen LogP contribution in [0.1, 0.15) is 60.3 Å². The average Bonchev–Trinajstić information content (AvgIpc) is 3.21. The number of rotatable bonds is 5. The number of aliphatic carboxylic acids is 1. The van der Waals surface area contributed by atoms with Crippen molar-refractivity contribution in [1.82, 2.24) is 19.6 Å². The van der Waals surface area contributed by atoms with Crippen molar-refractivity contribution in [2.45, 2.75) is 57.4 Å². The van der Waals surface area contributed by atoms with Crippen LogP contribution in [0.15, 0.2) is 27.5 Å². The number of carboxylic acids is 1. The van der Waals surface area contributed by atoms with E-state index in [1.807, 2.05) is 0 Å². The number of hydrogen-bond donors (Lipinski definition) is 1. The minimum Gasteiger partial charge on any atom is -0.481 e. The molecule has 0 amide bonds. The van der Waals surface area contributed by atoms with Crippen LogP contribution in [0.3, 0.4) is 0 Å². The summed E-state index contributed by atoms with van der Waals surface area (Å²) in [6.45, 7) is 3.98. The molecule has 0 spiro atoms. The first-order valence-electron chi connectivity index (χ1n) is 11.5. The highest BCUT2D eigenvalue weighted by molar-refractivity contribution is 5.80. The van der Waals surface area contributed by atoms with Gasteiger partial charge in [-0.2, -0.15) is 0 Å². The van der Waals surface area contributed by atoms with Gasteiger partial charge in [-0.1, -0.05) is 5.16 Å². The SMILES string of the molecule is Cc1nc2n(c(=O)c1C(CN1CCC(c3noc4cc(F)ccc34)CC1)C(=O)O)CCCC2. The van der Waals surface area contributed by atoms with Crippen LogP contribution in [0, 0.1) is 12.7 Å². The molecule has 0 radical (unpaired) electrons. The second kappa shape index (κ2) is 8.70. The summed E-state index contributed by atoms with van der Waals surface area (Å²) in [7, 11) is 0. The maximum absolute atomic E-state index is 13.4. The van der Waals surface area contributed by atoms with Gasteiger partial charge in [0, 0.05) is 42.6 Å². The summed E-state index contributed by atoms with van der Waals surface area (Å²) in [6, 6.07) is 4.44. The molecule has 1 atom stereocenters. The van der Waals surface area contributed by atoms with E-state index in [0.29, 0.717) is 36.5 Å². The van der Waals surface area contributed by atoms with E-state index in [1.165, 1.54) is 12.1 Å². The number of carboxylic acid groups (broad SMARTS) is 1. The number of likely N-dealkylation sites (tertiary alicyclic amines) is 1. The molecule has 2 aromatic heterocycles. The highest BCUT2D eigenvalue weighted by Crippen LogP contribution is 2.33. The minimum absolute atomic E-state index is 0.161. The molecule has 8 nitrogen and oxygen atoms in total. The van der Waals surface area contributed by atoms with Crippen LogP contribution < -0.4 is 5.56 Å². The Morgan fingerprint density at radius 2 is 2.06 bits per heavy atom. The van der Waals surface area contributed by atoms with Gasteiger partial charge < -0.3 is 14.5 Å². The zero-order valence-corrected chi connectivity index (χ0v) is 18.6. The molecule has 9 heteroatoms. The zero-order valence-electron chi connectivity index (χ0n) is 18.6. The lowest BCUT2D eigenvalue weighted by Crippen LogP contribution is -2.41. The quantitative estimate of drug-likeness (QED) is 0.632. The Hall–Kier alpha value is -3.07. The fraction of sp³-hybridized carbons (Fsp3) is 0.500. The van der Waals surface area contributed by atoms with Crippen LogP contribution in [0.2, 0.25) is 0 Å². The van der Waals surface area contributed by atoms with Gasteiger partial charge in [-0.25, -0.2) is 9.37 Å². The Morgan fingerprint density at radius 3 is 2.82 bits per heavy atom. The third-order valence-electron chi connectivity index (χ3n) is 7.03. The molecule has 1 N–H and O–H groups in total. The fourth-order valence-electron chi connectivity index (χ4n) is 5.27. The molecule has 33 heavy (non-hydrogen) atoms. The van der Waals surface area contributed by atoms with E-state index in [0.717, 1.165) is 49.0 Å². The first-order valence-corrected chi connectivity index (χ1v) is 11.5. The summed E-state index contributed by atoms with van der Waals surface area (Å²) in [5.41, 5.74) is 1.89. The van der Waals surface area contributed by atoms with Gasteiger partial charge in [0.15, 0.2) is 5.58 Å². The largest absolute Gasteiger partial charge is 0.481 e. The maximum atomic E-state index is 13.4. The molecule has 174 valence electrons. The molecule has 4 heterocycles. The molecule has 1 aromatic carbocycles. The van der Waals surface area contributed by atoms with Gasteiger partial charge in [-0.3, -0.25) is 14.2 Å². The van der Waals surface area contributed by atoms with Crippen molar-refractivity contribution >= 4 is 16.9 Å². The lowest BCUT2D eigenvalue weighted by molar-refractivity contribution is -0.139. The zero-order chi connectivity index (χ0) is 23.1. The number of aromatic nitrogens is 3. The van der Waals surface area contributed by atoms with Crippen LogP contribution in [-0.2, 0) is 17.8 Å². The predicted octanol–water partition coefficient (Wildman–Crippen LogP) is 3.22. The summed E-state index contributed by atoms with van der Waals surface area (Å²) in [5, 5.41) is 15.0. The fourth-order valence-corrected chi connectivity index (χ4v) is 5.27. The van der Waals surface area contributed by atoms with Crippen molar-refractivity contribution in [3.63, 3.8) is 0 Å². The second-order valence-corrected chi connectivity index (χ2v) is 9.12. The summed E-state index contributed by atoms with van der Waals surface area (Å²) >= 11 is 0. The standard InChI is InChI=1S/C24H27FN4O4/c1-14-21(23(30)29-9-3-2-4-20(29)26-14)18(24(31)32)13-28-10-7-15(8-11-28)22-17-6-5-16(25)12-19(17)33-27-22/h5-6,12,15,18H,2-4,7-11,13H2,1H3,(H,31,32). The molecule has 2 aliphatic heterocycles. The molecule has 3 aromatic rings. The third kappa shape index (κ3) is 4.06. The van der Waals surface area contributed by atoms with Gasteiger partial charge in [-0.05, 0) is 57.8 Å². The number of fused-ring (bicyclic) bond motifs is 2. The predicted molar refractivity (Wildman–Crippen MR) is 119 cm³/mol. The highest BCUT2D eigenvalue weighted by Gasteiger charge is 2.32. The number of piperidine rings is 1. The van der Waals surface area contributed by atoms with Crippen molar-refractivity contribution in [3.8, 4) is 0 Å². The smallest absolute Gasteiger partial charge is 0.312 e. The molecule has 0 aliphatic carbocycles. The normalized spacial score (nSPS) is 18.4. The number of nitrogens with zero attached hydrogens (tertiary/aromatic N) is 4. The maximum Gasteiger partial charge on any atom is 0.312 e. The molecule has 0 saturated carbocycles. The number of carbonyl (C=O) groups is 1. The molecule has 2 aliphatic rings. The summed E-state index contributed by atoms with van der Waals surface area (Å²) in [4.78, 5) is 32.1. The van der Waals surface area contributed by atoms with E-state index in [9.17, 15) is 19.1 Å². The number of benzene rings is 1. The van der Waals surface area contributed by atoms with Crippen LogP contribution in [-0.4, -0.2) is 50.3 Å². The van der Waals surface area contributed by atoms with E-state index in [-0.39, 0.29) is 23.8 Å². The number of halogens is 1. The Balaban J connectivity index is 1.33. The van der Waals surface area contributed by atoms with Gasteiger partial charge in [0.05, 0.1) is 11.3 Å². The average molecular weight is 455 g/mol. The van der Waals surface area contributed by atoms with E-state index in [1.54, 1.807) is 17.6 Å². The molecule has 1 saturated heterocycles. The molecule has 0 bridgehead atoms. The third-order valence-corrected chi connectivity index (χ3v) is 7.03. The van der Waals surface area contributed by atoms with E-state index >= 15 is 0 Å². The van der Waals surface area contributed by atoms with Gasteiger partial charge >= 0.3 is 5.97 Å². The van der Waals surface area contributed by atoms with E-state index in [4.69, 9.17) is 4.52 Å². The first-order chi connectivity index (χ1) is 15.9. The van der Waals surface area contributed by atoms with Crippen LogP contribution in [0.25, 0.3) is 11.0 Å². The summed E-state index contributed by atoms with van der Waals surface area (Å²) < 4.78 is 20.4. The summed E-state index contributed by atoms with van der Waals surface area (Å²) in [5.74, 6) is -1.36. The van der Waals surface area contributed by atoms with Crippen LogP contribution in [0.4, 0.5) is 4.39 Å². The number of hydrogen-bond acceptors (Lipinski definition) is 6. The molecular weight excluding hydrogens is 427 g/mol. The van der Waals surface area contributed by atoms with Crippen LogP contribution >= 0.6 is 0 Å². The van der Waals surface area contributed by atoms with Gasteiger partial charge in [-0.15, -0.1) is 0 Å². The van der Waals surface area contributed by atoms with Gasteiger partial charge in [0.1, 0.15) is 17.6 Å².